The fourth-order valence-corrected chi connectivity index (χ4v) is 1.68. The summed E-state index contributed by atoms with van der Waals surface area (Å²) in [6.07, 6.45) is -2.42. The molecule has 0 unspecified atom stereocenters. The van der Waals surface area contributed by atoms with Crippen LogP contribution in [0.25, 0.3) is 0 Å². The van der Waals surface area contributed by atoms with Crippen molar-refractivity contribution in [3.63, 3.8) is 0 Å². The van der Waals surface area contributed by atoms with Crippen molar-refractivity contribution >= 4 is 15.6 Å². The number of phosphoric acid groups is 2. The van der Waals surface area contributed by atoms with E-state index in [0.29, 0.717) is 0 Å². The second-order valence-corrected chi connectivity index (χ2v) is 5.55. The van der Waals surface area contributed by atoms with Gasteiger partial charge in [0.1, 0.15) is 12.2 Å². The molecule has 8 N–H and O–H groups in total. The minimum absolute atomic E-state index is 0. The monoisotopic (exact) mass is 359 g/mol. The lowest BCUT2D eigenvalue weighted by molar-refractivity contribution is 0.0390. The van der Waals surface area contributed by atoms with Gasteiger partial charge in [-0.15, -0.1) is 0 Å². The SMILES string of the molecule is O=P(O)(O)OC(CO)CO.O=P(O)(O)OC(CO)CO.[CH3+]. The van der Waals surface area contributed by atoms with E-state index in [1.807, 2.05) is 0 Å². The van der Waals surface area contributed by atoms with Crippen molar-refractivity contribution in [3.05, 3.63) is 7.43 Å². The maximum Gasteiger partial charge on any atom is 0.470 e. The summed E-state index contributed by atoms with van der Waals surface area (Å²) < 4.78 is 27.8. The lowest BCUT2D eigenvalue weighted by Crippen LogP contribution is -2.20. The molecule has 0 spiro atoms. The van der Waals surface area contributed by atoms with Crippen molar-refractivity contribution in [2.24, 2.45) is 0 Å². The molecule has 0 aliphatic carbocycles. The molecule has 0 aromatic rings. The lowest BCUT2D eigenvalue weighted by Gasteiger charge is -2.11. The second-order valence-electron chi connectivity index (χ2n) is 3.17. The van der Waals surface area contributed by atoms with Gasteiger partial charge in [0.2, 0.25) is 0 Å². The van der Waals surface area contributed by atoms with Gasteiger partial charge in [0.05, 0.1) is 26.4 Å². The molecule has 0 aliphatic rings. The maximum atomic E-state index is 10.0. The first kappa shape index (κ1) is 25.9. The summed E-state index contributed by atoms with van der Waals surface area (Å²) in [7, 11) is -9.15. The Balaban J connectivity index is -0.000000295. The Morgan fingerprint density at radius 1 is 0.667 bits per heavy atom. The highest BCUT2D eigenvalue weighted by atomic mass is 31.2. The van der Waals surface area contributed by atoms with Crippen molar-refractivity contribution < 1.29 is 58.2 Å². The van der Waals surface area contributed by atoms with Crippen LogP contribution in [0.3, 0.4) is 0 Å². The maximum absolute atomic E-state index is 10.0. The predicted molar refractivity (Wildman–Crippen MR) is 68.6 cm³/mol. The molecule has 130 valence electrons. The van der Waals surface area contributed by atoms with Crippen LogP contribution < -0.4 is 0 Å². The predicted octanol–water partition coefficient (Wildman–Crippen LogP) is -2.65. The van der Waals surface area contributed by atoms with Gasteiger partial charge in [-0.25, -0.2) is 9.13 Å². The molecule has 0 bridgehead atoms. The van der Waals surface area contributed by atoms with Crippen molar-refractivity contribution in [1.82, 2.24) is 0 Å². The summed E-state index contributed by atoms with van der Waals surface area (Å²) in [4.78, 5) is 32.5. The molecule has 0 saturated carbocycles. The van der Waals surface area contributed by atoms with E-state index in [1.165, 1.54) is 0 Å². The zero-order valence-electron chi connectivity index (χ0n) is 11.1. The molecule has 21 heavy (non-hydrogen) atoms. The summed E-state index contributed by atoms with van der Waals surface area (Å²) in [6.45, 7) is -2.49. The minimum Gasteiger partial charge on any atom is -0.394 e. The van der Waals surface area contributed by atoms with Crippen LogP contribution in [0.5, 0.6) is 0 Å². The highest BCUT2D eigenvalue weighted by molar-refractivity contribution is 7.46. The molecule has 0 amide bonds. The molecule has 0 aromatic carbocycles. The third-order valence-electron chi connectivity index (χ3n) is 1.39. The molecule has 0 rings (SSSR count). The number of hydrogen-bond acceptors (Lipinski definition) is 8. The summed E-state index contributed by atoms with van der Waals surface area (Å²) in [5.41, 5.74) is 0. The Bertz CT molecular complexity index is 284. The van der Waals surface area contributed by atoms with Gasteiger partial charge in [-0.2, -0.15) is 0 Å². The van der Waals surface area contributed by atoms with Gasteiger partial charge < -0.3 is 40.0 Å². The number of aliphatic hydroxyl groups is 4. The molecule has 0 radical (unpaired) electrons. The van der Waals surface area contributed by atoms with Crippen molar-refractivity contribution in [3.8, 4) is 0 Å². The van der Waals surface area contributed by atoms with Gasteiger partial charge in [-0.3, -0.25) is 9.05 Å². The van der Waals surface area contributed by atoms with Gasteiger partial charge in [-0.1, -0.05) is 0 Å². The summed E-state index contributed by atoms with van der Waals surface area (Å²) in [5, 5.41) is 33.0. The number of phosphoric ester groups is 2. The van der Waals surface area contributed by atoms with Gasteiger partial charge >= 0.3 is 15.6 Å². The van der Waals surface area contributed by atoms with Gasteiger partial charge in [-0.05, 0) is 0 Å². The van der Waals surface area contributed by atoms with E-state index < -0.39 is 54.3 Å². The van der Waals surface area contributed by atoms with E-state index in [2.05, 4.69) is 9.05 Å². The highest BCUT2D eigenvalue weighted by Crippen LogP contribution is 2.37. The van der Waals surface area contributed by atoms with Gasteiger partial charge in [0.25, 0.3) is 0 Å². The molecule has 0 atom stereocenters. The molecule has 0 aliphatic heterocycles. The Morgan fingerprint density at radius 2 is 0.857 bits per heavy atom. The van der Waals surface area contributed by atoms with Crippen LogP contribution in [0.15, 0.2) is 0 Å². The Kier molecular flexibility index (Phi) is 15.4. The van der Waals surface area contributed by atoms with Gasteiger partial charge in [0.15, 0.2) is 0 Å². The molecule has 0 saturated heterocycles. The first-order valence-corrected chi connectivity index (χ1v) is 7.96. The van der Waals surface area contributed by atoms with Crippen LogP contribution in [-0.2, 0) is 18.2 Å². The summed E-state index contributed by atoms with van der Waals surface area (Å²) >= 11 is 0. The normalized spacial score (nSPS) is 11.9. The second kappa shape index (κ2) is 12.5. The third-order valence-corrected chi connectivity index (χ3v) is 2.53. The van der Waals surface area contributed by atoms with E-state index in [9.17, 15) is 9.13 Å². The molecular weight excluding hydrogens is 338 g/mol. The fraction of sp³-hybridized carbons (Fsp3) is 0.857. The Labute approximate surface area is 121 Å². The van der Waals surface area contributed by atoms with Crippen LogP contribution >= 0.6 is 15.6 Å². The minimum atomic E-state index is -4.57. The molecule has 0 heterocycles. The van der Waals surface area contributed by atoms with E-state index in [0.717, 1.165) is 0 Å². The number of rotatable bonds is 8. The van der Waals surface area contributed by atoms with E-state index in [-0.39, 0.29) is 7.43 Å². The van der Waals surface area contributed by atoms with Crippen LogP contribution in [0.4, 0.5) is 0 Å². The van der Waals surface area contributed by atoms with Crippen LogP contribution in [0, 0.1) is 7.43 Å². The first-order valence-electron chi connectivity index (χ1n) is 4.90. The molecule has 12 nitrogen and oxygen atoms in total. The van der Waals surface area contributed by atoms with Crippen LogP contribution in [-0.4, -0.2) is 78.6 Å². The summed E-state index contributed by atoms with van der Waals surface area (Å²) in [6, 6.07) is 0. The molecule has 0 fully saturated rings. The summed E-state index contributed by atoms with van der Waals surface area (Å²) in [5.74, 6) is 0. The standard InChI is InChI=1S/2C3H9O6P.CH3/c2*4-1-3(2-5)9-10(6,7)8;/h2*3-5H,1-2H2,(H2,6,7,8);1H3/q;;+1. The first-order chi connectivity index (χ1) is 8.99. The fourth-order valence-electron chi connectivity index (χ4n) is 0.637. The van der Waals surface area contributed by atoms with Crippen molar-refractivity contribution in [1.29, 1.82) is 0 Å². The average Bonchev–Trinajstić information content (AvgIpc) is 2.31. The zero-order valence-corrected chi connectivity index (χ0v) is 12.9. The number of aliphatic hydroxyl groups excluding tert-OH is 4. The Hall–Kier alpha value is -0.0700. The van der Waals surface area contributed by atoms with Gasteiger partial charge in [0, 0.05) is 7.43 Å². The molecule has 0 aromatic heterocycles. The third kappa shape index (κ3) is 19.9. The largest absolute Gasteiger partial charge is 0.470 e. The van der Waals surface area contributed by atoms with Crippen LogP contribution in [0.1, 0.15) is 0 Å². The smallest absolute Gasteiger partial charge is 0.394 e. The molecular formula is C7H21O12P2+. The van der Waals surface area contributed by atoms with E-state index in [4.69, 9.17) is 40.0 Å². The Morgan fingerprint density at radius 3 is 0.905 bits per heavy atom. The van der Waals surface area contributed by atoms with Crippen molar-refractivity contribution in [2.75, 3.05) is 26.4 Å². The number of hydrogen-bond donors (Lipinski definition) is 8. The topological polar surface area (TPSA) is 214 Å². The quantitative estimate of drug-likeness (QED) is 0.165. The van der Waals surface area contributed by atoms with E-state index in [1.54, 1.807) is 0 Å². The molecule has 14 heteroatoms. The van der Waals surface area contributed by atoms with E-state index >= 15 is 0 Å². The lowest BCUT2D eigenvalue weighted by atomic mass is 10.4. The zero-order chi connectivity index (χ0) is 16.4. The highest BCUT2D eigenvalue weighted by Gasteiger charge is 2.21. The van der Waals surface area contributed by atoms with Crippen molar-refractivity contribution in [2.45, 2.75) is 12.2 Å². The average molecular weight is 359 g/mol. The van der Waals surface area contributed by atoms with Crippen LogP contribution in [0.2, 0.25) is 0 Å².